The van der Waals surface area contributed by atoms with Crippen LogP contribution < -0.4 is 5.32 Å². The molecule has 0 spiro atoms. The maximum absolute atomic E-state index is 12.7. The van der Waals surface area contributed by atoms with E-state index in [1.54, 1.807) is 16.4 Å². The standard InChI is InChI=1S/C15H24N2O3S/c1-2-17(13-5-3-4-6-13)21(18,19)15-10-9-14(20-15)11-16-12-7-8-12/h9-10,12-13,16H,2-8,11H2,1H3. The summed E-state index contributed by atoms with van der Waals surface area (Å²) in [6, 6.07) is 4.08. The Morgan fingerprint density at radius 1 is 1.24 bits per heavy atom. The fraction of sp³-hybridized carbons (Fsp3) is 0.733. The van der Waals surface area contributed by atoms with Crippen molar-refractivity contribution in [2.45, 2.75) is 69.2 Å². The first-order valence-corrected chi connectivity index (χ1v) is 9.39. The van der Waals surface area contributed by atoms with Crippen molar-refractivity contribution in [2.24, 2.45) is 0 Å². The molecule has 0 aliphatic heterocycles. The van der Waals surface area contributed by atoms with Crippen molar-refractivity contribution in [3.63, 3.8) is 0 Å². The van der Waals surface area contributed by atoms with Crippen LogP contribution in [0.2, 0.25) is 0 Å². The summed E-state index contributed by atoms with van der Waals surface area (Å²) < 4.78 is 32.6. The fourth-order valence-electron chi connectivity index (χ4n) is 3.06. The molecule has 1 aromatic rings. The average Bonchev–Trinajstić information content (AvgIpc) is 2.93. The Hall–Kier alpha value is -0.850. The van der Waals surface area contributed by atoms with Crippen molar-refractivity contribution in [2.75, 3.05) is 6.54 Å². The van der Waals surface area contributed by atoms with Gasteiger partial charge in [-0.3, -0.25) is 0 Å². The lowest BCUT2D eigenvalue weighted by atomic mass is 10.2. The van der Waals surface area contributed by atoms with Gasteiger partial charge in [0.2, 0.25) is 5.09 Å². The number of nitrogens with one attached hydrogen (secondary N) is 1. The van der Waals surface area contributed by atoms with E-state index in [0.29, 0.717) is 24.9 Å². The summed E-state index contributed by atoms with van der Waals surface area (Å²) >= 11 is 0. The smallest absolute Gasteiger partial charge is 0.276 e. The molecule has 2 saturated carbocycles. The highest BCUT2D eigenvalue weighted by atomic mass is 32.2. The number of nitrogens with zero attached hydrogens (tertiary/aromatic N) is 1. The van der Waals surface area contributed by atoms with Crippen molar-refractivity contribution < 1.29 is 12.8 Å². The van der Waals surface area contributed by atoms with Gasteiger partial charge in [0.1, 0.15) is 5.76 Å². The molecule has 0 radical (unpaired) electrons. The molecule has 5 nitrogen and oxygen atoms in total. The van der Waals surface area contributed by atoms with Gasteiger partial charge in [0.05, 0.1) is 6.54 Å². The van der Waals surface area contributed by atoms with Crippen molar-refractivity contribution in [1.29, 1.82) is 0 Å². The lowest BCUT2D eigenvalue weighted by Crippen LogP contribution is -2.38. The zero-order valence-corrected chi connectivity index (χ0v) is 13.4. The van der Waals surface area contributed by atoms with Crippen LogP contribution in [0, 0.1) is 0 Å². The Labute approximate surface area is 126 Å². The topological polar surface area (TPSA) is 62.6 Å². The van der Waals surface area contributed by atoms with Gasteiger partial charge in [-0.15, -0.1) is 0 Å². The summed E-state index contributed by atoms with van der Waals surface area (Å²) in [6.07, 6.45) is 6.57. The van der Waals surface area contributed by atoms with Crippen LogP contribution in [0.1, 0.15) is 51.2 Å². The third kappa shape index (κ3) is 3.33. The first-order valence-electron chi connectivity index (χ1n) is 7.95. The van der Waals surface area contributed by atoms with Gasteiger partial charge in [-0.25, -0.2) is 8.42 Å². The molecule has 0 bridgehead atoms. The van der Waals surface area contributed by atoms with Gasteiger partial charge in [-0.05, 0) is 37.8 Å². The third-order valence-electron chi connectivity index (χ3n) is 4.39. The molecule has 1 heterocycles. The van der Waals surface area contributed by atoms with Crippen molar-refractivity contribution >= 4 is 10.0 Å². The lowest BCUT2D eigenvalue weighted by Gasteiger charge is -2.25. The monoisotopic (exact) mass is 312 g/mol. The van der Waals surface area contributed by atoms with E-state index in [1.807, 2.05) is 6.92 Å². The quantitative estimate of drug-likeness (QED) is 0.840. The van der Waals surface area contributed by atoms with Gasteiger partial charge in [-0.2, -0.15) is 4.31 Å². The minimum atomic E-state index is -3.50. The molecule has 0 unspecified atom stereocenters. The van der Waals surface area contributed by atoms with Gasteiger partial charge in [0, 0.05) is 18.6 Å². The van der Waals surface area contributed by atoms with Crippen LogP contribution in [0.4, 0.5) is 0 Å². The molecule has 6 heteroatoms. The van der Waals surface area contributed by atoms with Crippen LogP contribution in [-0.4, -0.2) is 31.4 Å². The zero-order valence-electron chi connectivity index (χ0n) is 12.5. The zero-order chi connectivity index (χ0) is 14.9. The Bertz CT molecular complexity index is 571. The molecule has 118 valence electrons. The SMILES string of the molecule is CCN(C1CCCC1)S(=O)(=O)c1ccc(CNC2CC2)o1. The van der Waals surface area contributed by atoms with Crippen molar-refractivity contribution in [1.82, 2.24) is 9.62 Å². The minimum Gasteiger partial charge on any atom is -0.447 e. The van der Waals surface area contributed by atoms with E-state index in [-0.39, 0.29) is 11.1 Å². The second kappa shape index (κ2) is 6.10. The first kappa shape index (κ1) is 15.1. The summed E-state index contributed by atoms with van der Waals surface area (Å²) in [5, 5.41) is 3.42. The highest BCUT2D eigenvalue weighted by Crippen LogP contribution is 2.29. The van der Waals surface area contributed by atoms with Crippen molar-refractivity contribution in [3.8, 4) is 0 Å². The van der Waals surface area contributed by atoms with Crippen LogP contribution in [0.15, 0.2) is 21.6 Å². The molecular weight excluding hydrogens is 288 g/mol. The number of hydrogen-bond acceptors (Lipinski definition) is 4. The largest absolute Gasteiger partial charge is 0.447 e. The fourth-order valence-corrected chi connectivity index (χ4v) is 4.68. The van der Waals surface area contributed by atoms with Crippen LogP contribution in [0.5, 0.6) is 0 Å². The summed E-state index contributed by atoms with van der Waals surface area (Å²) in [7, 11) is -3.50. The molecule has 2 aliphatic carbocycles. The highest BCUT2D eigenvalue weighted by Gasteiger charge is 2.34. The molecule has 0 saturated heterocycles. The number of sulfonamides is 1. The van der Waals surface area contributed by atoms with E-state index >= 15 is 0 Å². The molecule has 0 amide bonds. The molecule has 2 aliphatic rings. The maximum atomic E-state index is 12.7. The van der Waals surface area contributed by atoms with Gasteiger partial charge in [0.25, 0.3) is 10.0 Å². The second-order valence-corrected chi connectivity index (χ2v) is 7.84. The molecule has 2 fully saturated rings. The van der Waals surface area contributed by atoms with E-state index in [2.05, 4.69) is 5.32 Å². The van der Waals surface area contributed by atoms with Gasteiger partial charge in [-0.1, -0.05) is 19.8 Å². The number of hydrogen-bond donors (Lipinski definition) is 1. The summed E-state index contributed by atoms with van der Waals surface area (Å²) in [5.74, 6) is 0.697. The lowest BCUT2D eigenvalue weighted by molar-refractivity contribution is 0.316. The Morgan fingerprint density at radius 3 is 2.57 bits per heavy atom. The number of rotatable bonds is 7. The summed E-state index contributed by atoms with van der Waals surface area (Å²) in [6.45, 7) is 3.01. The average molecular weight is 312 g/mol. The first-order chi connectivity index (χ1) is 10.1. The summed E-state index contributed by atoms with van der Waals surface area (Å²) in [5.41, 5.74) is 0. The predicted octanol–water partition coefficient (Wildman–Crippen LogP) is 2.48. The third-order valence-corrected chi connectivity index (χ3v) is 6.29. The summed E-state index contributed by atoms with van der Waals surface area (Å²) in [4.78, 5) is 0. The van der Waals surface area contributed by atoms with E-state index in [4.69, 9.17) is 4.42 Å². The van der Waals surface area contributed by atoms with Gasteiger partial charge >= 0.3 is 0 Å². The van der Waals surface area contributed by atoms with Crippen LogP contribution in [-0.2, 0) is 16.6 Å². The Balaban J connectivity index is 1.72. The van der Waals surface area contributed by atoms with Crippen LogP contribution >= 0.6 is 0 Å². The molecular formula is C15H24N2O3S. The Kier molecular flexibility index (Phi) is 4.38. The van der Waals surface area contributed by atoms with Crippen LogP contribution in [0.3, 0.4) is 0 Å². The predicted molar refractivity (Wildman–Crippen MR) is 80.4 cm³/mol. The van der Waals surface area contributed by atoms with Gasteiger partial charge in [0.15, 0.2) is 0 Å². The molecule has 0 atom stereocenters. The van der Waals surface area contributed by atoms with E-state index in [1.165, 1.54) is 12.8 Å². The molecule has 21 heavy (non-hydrogen) atoms. The molecule has 0 aromatic carbocycles. The normalized spacial score (nSPS) is 20.5. The molecule has 3 rings (SSSR count). The van der Waals surface area contributed by atoms with Gasteiger partial charge < -0.3 is 9.73 Å². The van der Waals surface area contributed by atoms with Crippen LogP contribution in [0.25, 0.3) is 0 Å². The molecule has 1 aromatic heterocycles. The van der Waals surface area contributed by atoms with Crippen molar-refractivity contribution in [3.05, 3.63) is 17.9 Å². The van der Waals surface area contributed by atoms with E-state index in [0.717, 1.165) is 25.7 Å². The highest BCUT2D eigenvalue weighted by molar-refractivity contribution is 7.89. The second-order valence-electron chi connectivity index (χ2n) is 6.02. The minimum absolute atomic E-state index is 0.0869. The van der Waals surface area contributed by atoms with E-state index in [9.17, 15) is 8.42 Å². The Morgan fingerprint density at radius 2 is 1.95 bits per heavy atom. The number of furan rings is 1. The molecule has 1 N–H and O–H groups in total. The maximum Gasteiger partial charge on any atom is 0.276 e. The van der Waals surface area contributed by atoms with E-state index < -0.39 is 10.0 Å².